The third kappa shape index (κ3) is 2.35. The largest absolute Gasteiger partial charge is 0.350 e. The van der Waals surface area contributed by atoms with Crippen molar-refractivity contribution in [2.45, 2.75) is 18.7 Å². The number of piperazine rings is 1. The number of hydrogen-bond acceptors (Lipinski definition) is 3. The van der Waals surface area contributed by atoms with E-state index in [4.69, 9.17) is 0 Å². The van der Waals surface area contributed by atoms with E-state index in [0.717, 1.165) is 4.31 Å². The number of rotatable bonds is 2. The molecule has 0 aliphatic carbocycles. The summed E-state index contributed by atoms with van der Waals surface area (Å²) in [6, 6.07) is -0.0673. The first-order chi connectivity index (χ1) is 5.94. The van der Waals surface area contributed by atoms with E-state index in [-0.39, 0.29) is 19.1 Å². The van der Waals surface area contributed by atoms with Crippen LogP contribution in [0.1, 0.15) is 6.92 Å². The van der Waals surface area contributed by atoms with E-state index in [1.54, 1.807) is 6.92 Å². The fourth-order valence-electron chi connectivity index (χ4n) is 1.24. The van der Waals surface area contributed by atoms with Crippen LogP contribution in [0.25, 0.3) is 0 Å². The summed E-state index contributed by atoms with van der Waals surface area (Å²) in [5, 5.41) is 2.97. The van der Waals surface area contributed by atoms with Crippen LogP contribution in [0, 0.1) is 0 Å². The van der Waals surface area contributed by atoms with E-state index in [1.165, 1.54) is 0 Å². The molecule has 1 N–H and O–H groups in total. The normalized spacial score (nSPS) is 26.6. The second kappa shape index (κ2) is 3.85. The summed E-state index contributed by atoms with van der Waals surface area (Å²) in [7, 11) is -4.37. The first-order valence-corrected chi connectivity index (χ1v) is 5.45. The van der Waals surface area contributed by atoms with E-state index < -0.39 is 15.8 Å². The van der Waals surface area contributed by atoms with Crippen molar-refractivity contribution in [3.05, 3.63) is 0 Å². The molecule has 1 atom stereocenters. The van der Waals surface area contributed by atoms with Crippen LogP contribution in [0.3, 0.4) is 0 Å². The molecule has 0 spiro atoms. The minimum Gasteiger partial charge on any atom is -0.312 e. The number of alkyl halides is 2. The number of nitrogens with zero attached hydrogens (tertiary/aromatic N) is 1. The lowest BCUT2D eigenvalue weighted by atomic mass is 10.3. The van der Waals surface area contributed by atoms with Gasteiger partial charge in [-0.2, -0.15) is 13.1 Å². The zero-order valence-corrected chi connectivity index (χ0v) is 8.02. The van der Waals surface area contributed by atoms with Gasteiger partial charge in [-0.3, -0.25) is 0 Å². The Kier molecular flexibility index (Phi) is 3.20. The van der Waals surface area contributed by atoms with Gasteiger partial charge in [0, 0.05) is 25.7 Å². The van der Waals surface area contributed by atoms with E-state index in [0.29, 0.717) is 6.54 Å². The predicted octanol–water partition coefficient (Wildman–Crippen LogP) is -0.167. The third-order valence-electron chi connectivity index (χ3n) is 1.92. The number of sulfonamides is 1. The molecule has 78 valence electrons. The standard InChI is InChI=1S/C6H12F2N2O2S/c1-5-4-10(3-2-9-5)13(11,12)6(7)8/h5-6,9H,2-4H2,1H3. The Balaban J connectivity index is 2.71. The molecule has 1 unspecified atom stereocenters. The van der Waals surface area contributed by atoms with Gasteiger partial charge in [-0.15, -0.1) is 0 Å². The van der Waals surface area contributed by atoms with Crippen LogP contribution in [0.4, 0.5) is 8.78 Å². The van der Waals surface area contributed by atoms with Crippen molar-refractivity contribution >= 4 is 10.0 Å². The van der Waals surface area contributed by atoms with Gasteiger partial charge in [0.2, 0.25) is 0 Å². The third-order valence-corrected chi connectivity index (χ3v) is 3.42. The minimum atomic E-state index is -4.37. The molecule has 1 aliphatic rings. The number of nitrogens with one attached hydrogen (secondary N) is 1. The molecule has 1 fully saturated rings. The maximum absolute atomic E-state index is 12.1. The monoisotopic (exact) mass is 214 g/mol. The highest BCUT2D eigenvalue weighted by Crippen LogP contribution is 2.13. The van der Waals surface area contributed by atoms with Crippen LogP contribution in [0.5, 0.6) is 0 Å². The van der Waals surface area contributed by atoms with Crippen LogP contribution in [-0.2, 0) is 10.0 Å². The van der Waals surface area contributed by atoms with Gasteiger partial charge in [-0.25, -0.2) is 8.42 Å². The lowest BCUT2D eigenvalue weighted by molar-refractivity contribution is 0.210. The van der Waals surface area contributed by atoms with Crippen molar-refractivity contribution in [1.82, 2.24) is 9.62 Å². The maximum atomic E-state index is 12.1. The highest BCUT2D eigenvalue weighted by Gasteiger charge is 2.34. The maximum Gasteiger partial charge on any atom is 0.350 e. The lowest BCUT2D eigenvalue weighted by Crippen LogP contribution is -2.52. The van der Waals surface area contributed by atoms with Gasteiger partial charge in [0.15, 0.2) is 0 Å². The van der Waals surface area contributed by atoms with Crippen LogP contribution in [0.2, 0.25) is 0 Å². The summed E-state index contributed by atoms with van der Waals surface area (Å²) in [6.07, 6.45) is 0. The van der Waals surface area contributed by atoms with E-state index in [1.807, 2.05) is 0 Å². The lowest BCUT2D eigenvalue weighted by Gasteiger charge is -2.30. The molecule has 0 aromatic rings. The molecular formula is C6H12F2N2O2S. The highest BCUT2D eigenvalue weighted by molar-refractivity contribution is 7.89. The average molecular weight is 214 g/mol. The molecule has 13 heavy (non-hydrogen) atoms. The molecule has 1 heterocycles. The van der Waals surface area contributed by atoms with Crippen molar-refractivity contribution in [3.63, 3.8) is 0 Å². The SMILES string of the molecule is CC1CN(S(=O)(=O)C(F)F)CCN1. The molecule has 7 heteroatoms. The summed E-state index contributed by atoms with van der Waals surface area (Å²) in [6.45, 7) is 2.42. The molecule has 0 bridgehead atoms. The molecule has 0 radical (unpaired) electrons. The number of halogens is 2. The Morgan fingerprint density at radius 1 is 1.54 bits per heavy atom. The topological polar surface area (TPSA) is 49.4 Å². The Morgan fingerprint density at radius 3 is 2.62 bits per heavy atom. The Hall–Kier alpha value is -0.270. The van der Waals surface area contributed by atoms with Gasteiger partial charge < -0.3 is 5.32 Å². The quantitative estimate of drug-likeness (QED) is 0.694. The smallest absolute Gasteiger partial charge is 0.312 e. The van der Waals surface area contributed by atoms with Gasteiger partial charge in [0.05, 0.1) is 0 Å². The minimum absolute atomic E-state index is 0.0673. The molecule has 0 amide bonds. The average Bonchev–Trinajstić information content (AvgIpc) is 2.04. The Labute approximate surface area is 76.0 Å². The molecule has 4 nitrogen and oxygen atoms in total. The Morgan fingerprint density at radius 2 is 2.15 bits per heavy atom. The van der Waals surface area contributed by atoms with Crippen LogP contribution in [-0.4, -0.2) is 44.2 Å². The molecule has 1 saturated heterocycles. The van der Waals surface area contributed by atoms with Gasteiger partial charge in [-0.05, 0) is 6.92 Å². The number of hydrogen-bond donors (Lipinski definition) is 1. The second-order valence-corrected chi connectivity index (χ2v) is 4.92. The van der Waals surface area contributed by atoms with E-state index in [9.17, 15) is 17.2 Å². The zero-order chi connectivity index (χ0) is 10.1. The zero-order valence-electron chi connectivity index (χ0n) is 7.20. The summed E-state index contributed by atoms with van der Waals surface area (Å²) in [5.74, 6) is -3.31. The van der Waals surface area contributed by atoms with Crippen LogP contribution < -0.4 is 5.32 Å². The summed E-state index contributed by atoms with van der Waals surface area (Å²) < 4.78 is 46.9. The molecule has 1 rings (SSSR count). The van der Waals surface area contributed by atoms with Crippen LogP contribution in [0.15, 0.2) is 0 Å². The van der Waals surface area contributed by atoms with Crippen molar-refractivity contribution in [2.24, 2.45) is 0 Å². The van der Waals surface area contributed by atoms with Gasteiger partial charge in [0.25, 0.3) is 10.0 Å². The highest BCUT2D eigenvalue weighted by atomic mass is 32.2. The molecule has 0 aromatic carbocycles. The second-order valence-electron chi connectivity index (χ2n) is 3.02. The first-order valence-electron chi connectivity index (χ1n) is 3.95. The molecule has 1 aliphatic heterocycles. The molecule has 0 saturated carbocycles. The predicted molar refractivity (Wildman–Crippen MR) is 44.0 cm³/mol. The van der Waals surface area contributed by atoms with Crippen molar-refractivity contribution < 1.29 is 17.2 Å². The fourth-order valence-corrected chi connectivity index (χ4v) is 2.24. The van der Waals surface area contributed by atoms with Gasteiger partial charge >= 0.3 is 5.76 Å². The summed E-state index contributed by atoms with van der Waals surface area (Å²) in [4.78, 5) is 0. The van der Waals surface area contributed by atoms with Crippen molar-refractivity contribution in [1.29, 1.82) is 0 Å². The van der Waals surface area contributed by atoms with Crippen molar-refractivity contribution in [3.8, 4) is 0 Å². The first kappa shape index (κ1) is 10.8. The van der Waals surface area contributed by atoms with Gasteiger partial charge in [0.1, 0.15) is 0 Å². The summed E-state index contributed by atoms with van der Waals surface area (Å²) in [5.41, 5.74) is 0. The van der Waals surface area contributed by atoms with E-state index in [2.05, 4.69) is 5.32 Å². The van der Waals surface area contributed by atoms with Crippen molar-refractivity contribution in [2.75, 3.05) is 19.6 Å². The van der Waals surface area contributed by atoms with Crippen LogP contribution >= 0.6 is 0 Å². The van der Waals surface area contributed by atoms with E-state index >= 15 is 0 Å². The Bertz CT molecular complexity index is 268. The fraction of sp³-hybridized carbons (Fsp3) is 1.00. The molecule has 0 aromatic heterocycles. The van der Waals surface area contributed by atoms with Gasteiger partial charge in [-0.1, -0.05) is 0 Å². The molecular weight excluding hydrogens is 202 g/mol. The summed E-state index contributed by atoms with van der Waals surface area (Å²) >= 11 is 0.